The summed E-state index contributed by atoms with van der Waals surface area (Å²) in [4.78, 5) is 24.0. The van der Waals surface area contributed by atoms with Gasteiger partial charge in [0.1, 0.15) is 5.25 Å². The van der Waals surface area contributed by atoms with E-state index in [1.807, 2.05) is 6.92 Å². The Morgan fingerprint density at radius 3 is 2.75 bits per heavy atom. The number of amides is 2. The molecule has 6 nitrogen and oxygen atoms in total. The average molecular weight is 367 g/mol. The number of anilines is 1. The number of rotatable bonds is 6. The molecule has 0 radical (unpaired) electrons. The zero-order valence-corrected chi connectivity index (χ0v) is 15.1. The molecule has 1 fully saturated rings. The van der Waals surface area contributed by atoms with E-state index in [1.165, 1.54) is 11.8 Å². The van der Waals surface area contributed by atoms with Crippen LogP contribution in [-0.2, 0) is 9.59 Å². The van der Waals surface area contributed by atoms with Crippen LogP contribution in [0, 0.1) is 0 Å². The first-order chi connectivity index (χ1) is 11.5. The lowest BCUT2D eigenvalue weighted by atomic mass is 10.2. The number of hydrogen-bond donors (Lipinski definition) is 2. The molecule has 1 atom stereocenters. The monoisotopic (exact) mass is 366 g/mol. The van der Waals surface area contributed by atoms with Crippen LogP contribution in [-0.4, -0.2) is 27.9 Å². The van der Waals surface area contributed by atoms with E-state index in [0.717, 1.165) is 18.6 Å². The van der Waals surface area contributed by atoms with E-state index >= 15 is 0 Å². The minimum absolute atomic E-state index is 0.0653. The van der Waals surface area contributed by atoms with Gasteiger partial charge in [0.05, 0.1) is 0 Å². The SMILES string of the molecule is CCCC(C)=N/N=C1/NC(=O)C(CC(=O)Nc2ccc(Cl)cc2)S1. The van der Waals surface area contributed by atoms with Gasteiger partial charge in [-0.15, -0.1) is 5.10 Å². The van der Waals surface area contributed by atoms with E-state index in [0.29, 0.717) is 15.9 Å². The van der Waals surface area contributed by atoms with Crippen molar-refractivity contribution in [3.05, 3.63) is 29.3 Å². The highest BCUT2D eigenvalue weighted by molar-refractivity contribution is 8.15. The van der Waals surface area contributed by atoms with Crippen LogP contribution in [0.3, 0.4) is 0 Å². The predicted octanol–water partition coefficient (Wildman–Crippen LogP) is 3.43. The van der Waals surface area contributed by atoms with Crippen LogP contribution in [0.1, 0.15) is 33.1 Å². The number of amidine groups is 1. The van der Waals surface area contributed by atoms with Crippen molar-refractivity contribution in [2.75, 3.05) is 5.32 Å². The summed E-state index contributed by atoms with van der Waals surface area (Å²) >= 11 is 7.02. The summed E-state index contributed by atoms with van der Waals surface area (Å²) in [5, 5.41) is 14.0. The minimum atomic E-state index is -0.502. The van der Waals surface area contributed by atoms with Crippen molar-refractivity contribution >= 4 is 51.7 Å². The Balaban J connectivity index is 1.89. The van der Waals surface area contributed by atoms with Crippen LogP contribution in [0.5, 0.6) is 0 Å². The molecule has 0 saturated carbocycles. The fraction of sp³-hybridized carbons (Fsp3) is 0.375. The van der Waals surface area contributed by atoms with Crippen molar-refractivity contribution in [1.29, 1.82) is 0 Å². The molecule has 1 unspecified atom stereocenters. The Morgan fingerprint density at radius 2 is 2.08 bits per heavy atom. The van der Waals surface area contributed by atoms with Crippen LogP contribution in [0.25, 0.3) is 0 Å². The van der Waals surface area contributed by atoms with Gasteiger partial charge in [-0.1, -0.05) is 36.7 Å². The molecule has 128 valence electrons. The molecule has 8 heteroatoms. The number of halogens is 1. The third-order valence-electron chi connectivity index (χ3n) is 3.20. The lowest BCUT2D eigenvalue weighted by Crippen LogP contribution is -2.28. The highest BCUT2D eigenvalue weighted by Crippen LogP contribution is 2.23. The summed E-state index contributed by atoms with van der Waals surface area (Å²) in [5.41, 5.74) is 1.55. The number of benzene rings is 1. The van der Waals surface area contributed by atoms with Crippen LogP contribution in [0.15, 0.2) is 34.5 Å². The molecular weight excluding hydrogens is 348 g/mol. The second kappa shape index (κ2) is 8.84. The molecule has 24 heavy (non-hydrogen) atoms. The molecule has 2 rings (SSSR count). The van der Waals surface area contributed by atoms with Crippen molar-refractivity contribution in [1.82, 2.24) is 5.32 Å². The fourth-order valence-electron chi connectivity index (χ4n) is 2.04. The minimum Gasteiger partial charge on any atom is -0.326 e. The smallest absolute Gasteiger partial charge is 0.240 e. The van der Waals surface area contributed by atoms with Crippen LogP contribution >= 0.6 is 23.4 Å². The Morgan fingerprint density at radius 1 is 1.38 bits per heavy atom. The summed E-state index contributed by atoms with van der Waals surface area (Å²) in [6.45, 7) is 3.96. The molecule has 0 spiro atoms. The van der Waals surface area contributed by atoms with Gasteiger partial charge in [-0.2, -0.15) is 5.10 Å². The van der Waals surface area contributed by atoms with Crippen molar-refractivity contribution in [2.24, 2.45) is 10.2 Å². The van der Waals surface area contributed by atoms with Crippen molar-refractivity contribution < 1.29 is 9.59 Å². The number of hydrogen-bond acceptors (Lipinski definition) is 5. The van der Waals surface area contributed by atoms with Crippen LogP contribution in [0.2, 0.25) is 5.02 Å². The molecule has 1 aromatic carbocycles. The highest BCUT2D eigenvalue weighted by Gasteiger charge is 2.32. The predicted molar refractivity (Wildman–Crippen MR) is 99.7 cm³/mol. The van der Waals surface area contributed by atoms with E-state index in [2.05, 4.69) is 27.8 Å². The van der Waals surface area contributed by atoms with E-state index in [4.69, 9.17) is 11.6 Å². The van der Waals surface area contributed by atoms with Gasteiger partial charge in [0.25, 0.3) is 0 Å². The van der Waals surface area contributed by atoms with Gasteiger partial charge in [-0.05, 0) is 37.6 Å². The maximum atomic E-state index is 12.1. The third-order valence-corrected chi connectivity index (χ3v) is 4.52. The van der Waals surface area contributed by atoms with Gasteiger partial charge >= 0.3 is 0 Å². The van der Waals surface area contributed by atoms with E-state index < -0.39 is 5.25 Å². The van der Waals surface area contributed by atoms with Gasteiger partial charge in [-0.25, -0.2) is 0 Å². The number of carbonyl (C=O) groups excluding carboxylic acids is 2. The normalized spacial score (nSPS) is 19.5. The van der Waals surface area contributed by atoms with E-state index in [1.54, 1.807) is 24.3 Å². The van der Waals surface area contributed by atoms with Crippen LogP contribution < -0.4 is 10.6 Å². The molecule has 2 amide bonds. The topological polar surface area (TPSA) is 82.9 Å². The summed E-state index contributed by atoms with van der Waals surface area (Å²) in [6.07, 6.45) is 1.92. The molecule has 1 aromatic rings. The summed E-state index contributed by atoms with van der Waals surface area (Å²) in [6, 6.07) is 6.80. The zero-order chi connectivity index (χ0) is 17.5. The van der Waals surface area contributed by atoms with Crippen molar-refractivity contribution in [2.45, 2.75) is 38.4 Å². The molecular formula is C16H19ClN4O2S. The quantitative estimate of drug-likeness (QED) is 0.597. The Bertz CT molecular complexity index is 673. The zero-order valence-electron chi connectivity index (χ0n) is 13.5. The Labute approximate surface area is 150 Å². The first-order valence-corrected chi connectivity index (χ1v) is 8.87. The molecule has 1 aliphatic rings. The lowest BCUT2D eigenvalue weighted by molar-refractivity contribution is -0.122. The highest BCUT2D eigenvalue weighted by atomic mass is 35.5. The average Bonchev–Trinajstić information content (AvgIpc) is 2.88. The maximum Gasteiger partial charge on any atom is 0.240 e. The Kier molecular flexibility index (Phi) is 6.81. The van der Waals surface area contributed by atoms with Crippen molar-refractivity contribution in [3.63, 3.8) is 0 Å². The van der Waals surface area contributed by atoms with Crippen LogP contribution in [0.4, 0.5) is 5.69 Å². The van der Waals surface area contributed by atoms with E-state index in [-0.39, 0.29) is 18.2 Å². The first-order valence-electron chi connectivity index (χ1n) is 7.62. The molecule has 0 bridgehead atoms. The number of thioether (sulfide) groups is 1. The summed E-state index contributed by atoms with van der Waals surface area (Å²) in [7, 11) is 0. The number of carbonyl (C=O) groups is 2. The standard InChI is InChI=1S/C16H19ClN4O2S/c1-3-4-10(2)20-21-16-19-15(23)13(24-16)9-14(22)18-12-7-5-11(17)6-8-12/h5-8,13H,3-4,9H2,1-2H3,(H,18,22)(H,19,21,23). The molecule has 1 heterocycles. The largest absolute Gasteiger partial charge is 0.326 e. The van der Waals surface area contributed by atoms with Gasteiger partial charge in [0, 0.05) is 22.8 Å². The summed E-state index contributed by atoms with van der Waals surface area (Å²) < 4.78 is 0. The second-order valence-electron chi connectivity index (χ2n) is 5.35. The maximum absolute atomic E-state index is 12.1. The first kappa shape index (κ1) is 18.5. The van der Waals surface area contributed by atoms with Gasteiger partial charge < -0.3 is 10.6 Å². The third kappa shape index (κ3) is 5.65. The number of nitrogens with one attached hydrogen (secondary N) is 2. The molecule has 0 aromatic heterocycles. The Hall–Kier alpha value is -1.86. The number of nitrogens with zero attached hydrogens (tertiary/aromatic N) is 2. The van der Waals surface area contributed by atoms with Gasteiger partial charge in [0.15, 0.2) is 5.17 Å². The van der Waals surface area contributed by atoms with Gasteiger partial charge in [-0.3, -0.25) is 9.59 Å². The molecule has 1 aliphatic heterocycles. The fourth-order valence-corrected chi connectivity index (χ4v) is 3.09. The van der Waals surface area contributed by atoms with Crippen molar-refractivity contribution in [3.8, 4) is 0 Å². The van der Waals surface area contributed by atoms with E-state index in [9.17, 15) is 9.59 Å². The second-order valence-corrected chi connectivity index (χ2v) is 6.97. The lowest BCUT2D eigenvalue weighted by Gasteiger charge is -2.07. The van der Waals surface area contributed by atoms with Gasteiger partial charge in [0.2, 0.25) is 11.8 Å². The molecule has 1 saturated heterocycles. The molecule has 0 aliphatic carbocycles. The molecule has 2 N–H and O–H groups in total. The summed E-state index contributed by atoms with van der Waals surface area (Å²) in [5.74, 6) is -0.467.